The van der Waals surface area contributed by atoms with E-state index in [2.05, 4.69) is 0 Å². The van der Waals surface area contributed by atoms with Crippen molar-refractivity contribution in [2.24, 2.45) is 0 Å². The molecule has 0 bridgehead atoms. The average Bonchev–Trinajstić information content (AvgIpc) is 2.97. The van der Waals surface area contributed by atoms with Gasteiger partial charge in [0.05, 0.1) is 4.90 Å². The predicted molar refractivity (Wildman–Crippen MR) is 93.9 cm³/mol. The highest BCUT2D eigenvalue weighted by molar-refractivity contribution is 7.89. The van der Waals surface area contributed by atoms with Crippen LogP contribution < -0.4 is 4.90 Å². The zero-order chi connectivity index (χ0) is 17.5. The summed E-state index contributed by atoms with van der Waals surface area (Å²) in [5.74, 6) is -0.0462. The van der Waals surface area contributed by atoms with Gasteiger partial charge in [0.15, 0.2) is 0 Å². The van der Waals surface area contributed by atoms with E-state index in [-0.39, 0.29) is 10.8 Å². The molecule has 0 radical (unpaired) electrons. The quantitative estimate of drug-likeness (QED) is 0.859. The number of amides is 1. The van der Waals surface area contributed by atoms with Crippen LogP contribution in [0.25, 0.3) is 0 Å². The van der Waals surface area contributed by atoms with Crippen LogP contribution in [0.2, 0.25) is 0 Å². The highest BCUT2D eigenvalue weighted by Gasteiger charge is 2.28. The second-order valence-corrected chi connectivity index (χ2v) is 8.25. The van der Waals surface area contributed by atoms with Crippen LogP contribution in [0.1, 0.15) is 21.5 Å². The minimum Gasteiger partial charge on any atom is -0.308 e. The molecule has 0 N–H and O–H groups in total. The fourth-order valence-electron chi connectivity index (χ4n) is 2.92. The first-order valence-corrected chi connectivity index (χ1v) is 9.19. The number of hydrogen-bond donors (Lipinski definition) is 0. The normalized spacial score (nSPS) is 14.1. The second-order valence-electron chi connectivity index (χ2n) is 6.10. The number of anilines is 1. The summed E-state index contributed by atoms with van der Waals surface area (Å²) in [5.41, 5.74) is 3.29. The molecule has 6 heteroatoms. The van der Waals surface area contributed by atoms with Crippen LogP contribution in [0.15, 0.2) is 47.4 Å². The van der Waals surface area contributed by atoms with Gasteiger partial charge in [0.2, 0.25) is 10.0 Å². The molecule has 1 heterocycles. The van der Waals surface area contributed by atoms with Gasteiger partial charge in [0.25, 0.3) is 5.91 Å². The lowest BCUT2D eigenvalue weighted by molar-refractivity contribution is 0.0989. The van der Waals surface area contributed by atoms with Crippen LogP contribution >= 0.6 is 0 Å². The van der Waals surface area contributed by atoms with E-state index in [1.165, 1.54) is 18.4 Å². The van der Waals surface area contributed by atoms with E-state index >= 15 is 0 Å². The van der Waals surface area contributed by atoms with Crippen molar-refractivity contribution in [3.8, 4) is 0 Å². The van der Waals surface area contributed by atoms with Gasteiger partial charge in [-0.3, -0.25) is 4.79 Å². The first-order valence-electron chi connectivity index (χ1n) is 7.75. The molecule has 0 unspecified atom stereocenters. The van der Waals surface area contributed by atoms with E-state index in [1.807, 2.05) is 31.2 Å². The van der Waals surface area contributed by atoms with Crippen molar-refractivity contribution in [1.82, 2.24) is 4.31 Å². The third-order valence-electron chi connectivity index (χ3n) is 4.35. The number of nitrogens with zero attached hydrogens (tertiary/aromatic N) is 2. The van der Waals surface area contributed by atoms with Gasteiger partial charge in [-0.15, -0.1) is 0 Å². The Kier molecular flexibility index (Phi) is 4.19. The molecule has 5 nitrogen and oxygen atoms in total. The zero-order valence-electron chi connectivity index (χ0n) is 14.0. The van der Waals surface area contributed by atoms with Crippen LogP contribution in [0.4, 0.5) is 5.69 Å². The van der Waals surface area contributed by atoms with Gasteiger partial charge in [0.1, 0.15) is 0 Å². The van der Waals surface area contributed by atoms with Crippen LogP contribution in [-0.4, -0.2) is 39.3 Å². The Bertz CT molecular complexity index is 904. The largest absolute Gasteiger partial charge is 0.308 e. The van der Waals surface area contributed by atoms with Gasteiger partial charge in [-0.1, -0.05) is 18.2 Å². The fraction of sp³-hybridized carbons (Fsp3) is 0.278. The number of carbonyl (C=O) groups is 1. The molecular weight excluding hydrogens is 324 g/mol. The van der Waals surface area contributed by atoms with Crippen molar-refractivity contribution in [1.29, 1.82) is 0 Å². The number of aryl methyl sites for hydroxylation is 1. The van der Waals surface area contributed by atoms with E-state index < -0.39 is 10.0 Å². The summed E-state index contributed by atoms with van der Waals surface area (Å²) >= 11 is 0. The number of sulfonamides is 1. The maximum atomic E-state index is 12.8. The Morgan fingerprint density at radius 2 is 1.83 bits per heavy atom. The SMILES string of the molecule is Cc1ccccc1C(=O)N1CCc2cc(S(=O)(=O)N(C)C)ccc21. The van der Waals surface area contributed by atoms with E-state index in [0.717, 1.165) is 16.8 Å². The molecule has 1 aliphatic rings. The summed E-state index contributed by atoms with van der Waals surface area (Å²) in [6, 6.07) is 12.5. The van der Waals surface area contributed by atoms with Crippen molar-refractivity contribution in [2.75, 3.05) is 25.5 Å². The van der Waals surface area contributed by atoms with Gasteiger partial charge < -0.3 is 4.90 Å². The van der Waals surface area contributed by atoms with Gasteiger partial charge in [-0.2, -0.15) is 0 Å². The van der Waals surface area contributed by atoms with Crippen LogP contribution in [0, 0.1) is 6.92 Å². The van der Waals surface area contributed by atoms with Crippen LogP contribution in [-0.2, 0) is 16.4 Å². The summed E-state index contributed by atoms with van der Waals surface area (Å²) in [4.78, 5) is 14.8. The molecule has 1 amide bonds. The number of rotatable bonds is 3. The smallest absolute Gasteiger partial charge is 0.258 e. The molecule has 1 aliphatic heterocycles. The molecular formula is C18H20N2O3S. The fourth-order valence-corrected chi connectivity index (χ4v) is 3.87. The van der Waals surface area contributed by atoms with E-state index in [4.69, 9.17) is 0 Å². The Labute approximate surface area is 142 Å². The lowest BCUT2D eigenvalue weighted by atomic mass is 10.1. The first-order chi connectivity index (χ1) is 11.3. The Morgan fingerprint density at radius 3 is 2.50 bits per heavy atom. The average molecular weight is 344 g/mol. The lowest BCUT2D eigenvalue weighted by Crippen LogP contribution is -2.29. The molecule has 0 aromatic heterocycles. The molecule has 2 aromatic carbocycles. The maximum Gasteiger partial charge on any atom is 0.258 e. The Morgan fingerprint density at radius 1 is 1.12 bits per heavy atom. The molecule has 24 heavy (non-hydrogen) atoms. The number of hydrogen-bond acceptors (Lipinski definition) is 3. The third-order valence-corrected chi connectivity index (χ3v) is 6.16. The summed E-state index contributed by atoms with van der Waals surface area (Å²) in [6.07, 6.45) is 0.656. The Balaban J connectivity index is 1.97. The van der Waals surface area contributed by atoms with Gasteiger partial charge in [-0.05, 0) is 48.7 Å². The van der Waals surface area contributed by atoms with Crippen molar-refractivity contribution in [2.45, 2.75) is 18.2 Å². The van der Waals surface area contributed by atoms with Crippen molar-refractivity contribution in [3.05, 3.63) is 59.2 Å². The molecule has 0 aliphatic carbocycles. The number of fused-ring (bicyclic) bond motifs is 1. The van der Waals surface area contributed by atoms with Gasteiger partial charge in [0, 0.05) is 31.9 Å². The van der Waals surface area contributed by atoms with Gasteiger partial charge >= 0.3 is 0 Å². The summed E-state index contributed by atoms with van der Waals surface area (Å²) in [5, 5.41) is 0. The van der Waals surface area contributed by atoms with E-state index in [1.54, 1.807) is 23.1 Å². The first kappa shape index (κ1) is 16.7. The predicted octanol–water partition coefficient (Wildman–Crippen LogP) is 2.45. The third kappa shape index (κ3) is 2.72. The topological polar surface area (TPSA) is 57.7 Å². The summed E-state index contributed by atoms with van der Waals surface area (Å²) in [7, 11) is -0.444. The minimum absolute atomic E-state index is 0.0462. The minimum atomic E-state index is -3.47. The second kappa shape index (κ2) is 6.03. The molecule has 126 valence electrons. The number of benzene rings is 2. The standard InChI is InChI=1S/C18H20N2O3S/c1-13-6-4-5-7-16(13)18(21)20-11-10-14-12-15(8-9-17(14)20)24(22,23)19(2)3/h4-9,12H,10-11H2,1-3H3. The lowest BCUT2D eigenvalue weighted by Gasteiger charge is -2.19. The van der Waals surface area contributed by atoms with E-state index in [0.29, 0.717) is 18.5 Å². The molecule has 0 spiro atoms. The van der Waals surface area contributed by atoms with Crippen molar-refractivity contribution in [3.63, 3.8) is 0 Å². The highest BCUT2D eigenvalue weighted by atomic mass is 32.2. The zero-order valence-corrected chi connectivity index (χ0v) is 14.8. The molecule has 3 rings (SSSR count). The molecule has 0 saturated heterocycles. The molecule has 2 aromatic rings. The Hall–Kier alpha value is -2.18. The van der Waals surface area contributed by atoms with Gasteiger partial charge in [-0.25, -0.2) is 12.7 Å². The summed E-state index contributed by atoms with van der Waals surface area (Å²) < 4.78 is 25.7. The van der Waals surface area contributed by atoms with E-state index in [9.17, 15) is 13.2 Å². The highest BCUT2D eigenvalue weighted by Crippen LogP contribution is 2.32. The summed E-state index contributed by atoms with van der Waals surface area (Å²) in [6.45, 7) is 2.48. The van der Waals surface area contributed by atoms with Crippen LogP contribution in [0.5, 0.6) is 0 Å². The van der Waals surface area contributed by atoms with Crippen LogP contribution in [0.3, 0.4) is 0 Å². The molecule has 0 fully saturated rings. The maximum absolute atomic E-state index is 12.8. The monoisotopic (exact) mass is 344 g/mol. The molecule has 0 atom stereocenters. The number of carbonyl (C=O) groups excluding carboxylic acids is 1. The van der Waals surface area contributed by atoms with Crippen molar-refractivity contribution >= 4 is 21.6 Å². The van der Waals surface area contributed by atoms with Crippen molar-refractivity contribution < 1.29 is 13.2 Å². The molecule has 0 saturated carbocycles.